The van der Waals surface area contributed by atoms with Crippen molar-refractivity contribution in [2.45, 2.75) is 19.9 Å². The van der Waals surface area contributed by atoms with Crippen molar-refractivity contribution in [2.75, 3.05) is 0 Å². The summed E-state index contributed by atoms with van der Waals surface area (Å²) in [6, 6.07) is 18.1. The summed E-state index contributed by atoms with van der Waals surface area (Å²) in [6.07, 6.45) is 2.12. The molecule has 3 heterocycles. The van der Waals surface area contributed by atoms with Gasteiger partial charge in [0.1, 0.15) is 11.3 Å². The molecule has 0 spiro atoms. The van der Waals surface area contributed by atoms with Gasteiger partial charge in [-0.25, -0.2) is 19.3 Å². The smallest absolute Gasteiger partial charge is 0.289 e. The van der Waals surface area contributed by atoms with Gasteiger partial charge in [-0.1, -0.05) is 36.4 Å². The summed E-state index contributed by atoms with van der Waals surface area (Å²) in [4.78, 5) is 26.2. The zero-order chi connectivity index (χ0) is 22.1. The number of nitrogens with one attached hydrogen (secondary N) is 1. The minimum Gasteiger partial charge on any atom is -0.434 e. The van der Waals surface area contributed by atoms with Gasteiger partial charge in [0, 0.05) is 19.2 Å². The van der Waals surface area contributed by atoms with Gasteiger partial charge < -0.3 is 9.73 Å². The maximum atomic E-state index is 13.7. The van der Waals surface area contributed by atoms with Crippen LogP contribution in [0.25, 0.3) is 22.2 Å². The molecular weight excluding hydrogens is 407 g/mol. The number of fused-ring (bicyclic) bond motifs is 3. The number of furan rings is 1. The van der Waals surface area contributed by atoms with E-state index >= 15 is 0 Å². The summed E-state index contributed by atoms with van der Waals surface area (Å²) in [6.45, 7) is 1.97. The Balaban J connectivity index is 1.53. The highest BCUT2D eigenvalue weighted by Gasteiger charge is 2.20. The lowest BCUT2D eigenvalue weighted by Gasteiger charge is -2.08. The van der Waals surface area contributed by atoms with Gasteiger partial charge in [-0.15, -0.1) is 0 Å². The highest BCUT2D eigenvalue weighted by atomic mass is 19.1. The number of amides is 1. The minimum absolute atomic E-state index is 0.0307. The van der Waals surface area contributed by atoms with E-state index in [9.17, 15) is 9.18 Å². The van der Waals surface area contributed by atoms with E-state index in [4.69, 9.17) is 4.42 Å². The average molecular weight is 426 g/mol. The molecule has 0 unspecified atom stereocenters. The molecule has 0 atom stereocenters. The van der Waals surface area contributed by atoms with Crippen LogP contribution in [0, 0.1) is 12.7 Å². The Morgan fingerprint density at radius 1 is 1.03 bits per heavy atom. The summed E-state index contributed by atoms with van der Waals surface area (Å²) < 4.78 is 19.6. The molecule has 7 heteroatoms. The molecule has 5 aromatic rings. The minimum atomic E-state index is -0.443. The predicted molar refractivity (Wildman–Crippen MR) is 119 cm³/mol. The van der Waals surface area contributed by atoms with Gasteiger partial charge in [0.25, 0.3) is 5.91 Å². The van der Waals surface area contributed by atoms with E-state index < -0.39 is 5.91 Å². The van der Waals surface area contributed by atoms with Crippen molar-refractivity contribution in [3.8, 4) is 0 Å². The molecule has 0 aliphatic heterocycles. The molecule has 1 N–H and O–H groups in total. The Bertz CT molecular complexity index is 1430. The molecule has 1 amide bonds. The van der Waals surface area contributed by atoms with Crippen LogP contribution in [0.2, 0.25) is 0 Å². The molecule has 0 aliphatic rings. The fourth-order valence-electron chi connectivity index (χ4n) is 3.72. The van der Waals surface area contributed by atoms with Crippen molar-refractivity contribution in [1.29, 1.82) is 0 Å². The molecule has 6 nitrogen and oxygen atoms in total. The van der Waals surface area contributed by atoms with Gasteiger partial charge in [-0.3, -0.25) is 4.79 Å². The zero-order valence-electron chi connectivity index (χ0n) is 17.3. The van der Waals surface area contributed by atoms with Crippen LogP contribution in [0.15, 0.2) is 71.3 Å². The van der Waals surface area contributed by atoms with Gasteiger partial charge in [-0.2, -0.15) is 0 Å². The highest BCUT2D eigenvalue weighted by Crippen LogP contribution is 2.28. The molecule has 0 bridgehead atoms. The number of hydrogen-bond donors (Lipinski definition) is 1. The van der Waals surface area contributed by atoms with E-state index in [0.717, 1.165) is 11.1 Å². The van der Waals surface area contributed by atoms with Crippen LogP contribution in [0.1, 0.15) is 33.0 Å². The zero-order valence-corrected chi connectivity index (χ0v) is 17.3. The van der Waals surface area contributed by atoms with E-state index in [-0.39, 0.29) is 18.2 Å². The number of benzene rings is 2. The lowest BCUT2D eigenvalue weighted by molar-refractivity contribution is 0.0940. The maximum absolute atomic E-state index is 13.7. The third-order valence-electron chi connectivity index (χ3n) is 5.13. The van der Waals surface area contributed by atoms with Crippen molar-refractivity contribution in [3.63, 3.8) is 0 Å². The Morgan fingerprint density at radius 2 is 1.88 bits per heavy atom. The number of hydrogen-bond acceptors (Lipinski definition) is 5. The molecule has 158 valence electrons. The summed E-state index contributed by atoms with van der Waals surface area (Å²) >= 11 is 0. The fourth-order valence-corrected chi connectivity index (χ4v) is 3.72. The van der Waals surface area contributed by atoms with Crippen molar-refractivity contribution >= 4 is 28.1 Å². The number of carbonyl (C=O) groups is 1. The summed E-state index contributed by atoms with van der Waals surface area (Å²) in [7, 11) is 0. The first-order valence-electron chi connectivity index (χ1n) is 10.2. The van der Waals surface area contributed by atoms with Crippen LogP contribution in [0.5, 0.6) is 0 Å². The van der Waals surface area contributed by atoms with Crippen molar-refractivity contribution < 1.29 is 13.6 Å². The van der Waals surface area contributed by atoms with Crippen LogP contribution in [-0.4, -0.2) is 20.9 Å². The fraction of sp³-hybridized carbons (Fsp3) is 0.120. The lowest BCUT2D eigenvalue weighted by atomic mass is 10.1. The molecule has 0 radical (unpaired) electrons. The van der Waals surface area contributed by atoms with E-state index in [1.165, 1.54) is 12.1 Å². The number of carbonyl (C=O) groups excluding carboxylic acids is 1. The highest BCUT2D eigenvalue weighted by molar-refractivity contribution is 6.03. The monoisotopic (exact) mass is 426 g/mol. The molecule has 32 heavy (non-hydrogen) atoms. The van der Waals surface area contributed by atoms with Gasteiger partial charge in [0.05, 0.1) is 11.1 Å². The lowest BCUT2D eigenvalue weighted by Crippen LogP contribution is -2.25. The first kappa shape index (κ1) is 19.8. The topological polar surface area (TPSA) is 80.9 Å². The van der Waals surface area contributed by atoms with Crippen LogP contribution in [0.4, 0.5) is 4.39 Å². The van der Waals surface area contributed by atoms with Crippen LogP contribution in [0.3, 0.4) is 0 Å². The van der Waals surface area contributed by atoms with Crippen molar-refractivity contribution in [3.05, 3.63) is 101 Å². The number of aryl methyl sites for hydroxylation is 1. The normalized spacial score (nSPS) is 11.2. The first-order valence-corrected chi connectivity index (χ1v) is 10.2. The molecule has 2 aromatic carbocycles. The van der Waals surface area contributed by atoms with Gasteiger partial charge in [0.2, 0.25) is 11.5 Å². The Labute approximate surface area is 183 Å². The third-order valence-corrected chi connectivity index (χ3v) is 5.13. The van der Waals surface area contributed by atoms with Crippen LogP contribution < -0.4 is 5.32 Å². The number of nitrogens with zero attached hydrogens (tertiary/aromatic N) is 3. The van der Waals surface area contributed by atoms with Crippen LogP contribution in [-0.2, 0) is 13.0 Å². The maximum Gasteiger partial charge on any atom is 0.289 e. The SMILES string of the molecule is Cc1cc(F)cc(CNC(=O)c2nc(Cc3ccccc3)c3oc4ncccc4c3n2)c1. The van der Waals surface area contributed by atoms with Gasteiger partial charge in [0.15, 0.2) is 5.58 Å². The summed E-state index contributed by atoms with van der Waals surface area (Å²) in [5.41, 5.74) is 4.59. The van der Waals surface area contributed by atoms with Crippen molar-refractivity contribution in [2.24, 2.45) is 0 Å². The average Bonchev–Trinajstić information content (AvgIpc) is 3.17. The predicted octanol–water partition coefficient (Wildman–Crippen LogP) is 4.74. The second-order valence-electron chi connectivity index (χ2n) is 7.61. The molecule has 5 rings (SSSR count). The molecule has 0 saturated heterocycles. The van der Waals surface area contributed by atoms with E-state index in [1.54, 1.807) is 19.2 Å². The number of aromatic nitrogens is 3. The molecule has 3 aromatic heterocycles. The van der Waals surface area contributed by atoms with E-state index in [2.05, 4.69) is 20.3 Å². The van der Waals surface area contributed by atoms with E-state index in [0.29, 0.717) is 39.9 Å². The van der Waals surface area contributed by atoms with Gasteiger partial charge >= 0.3 is 0 Å². The standard InChI is InChI=1S/C25H19FN4O2/c1-15-10-17(12-18(26)11-15)14-28-24(31)23-29-20(13-16-6-3-2-4-7-16)22-21(30-23)19-8-5-9-27-25(19)32-22/h2-12H,13-14H2,1H3,(H,28,31). The second kappa shape index (κ2) is 8.19. The summed E-state index contributed by atoms with van der Waals surface area (Å²) in [5.74, 6) is -0.751. The van der Waals surface area contributed by atoms with Crippen molar-refractivity contribution in [1.82, 2.24) is 20.3 Å². The Hall–Kier alpha value is -4.13. The molecule has 0 saturated carbocycles. The number of halogens is 1. The summed E-state index contributed by atoms with van der Waals surface area (Å²) in [5, 5.41) is 3.51. The molecule has 0 fully saturated rings. The second-order valence-corrected chi connectivity index (χ2v) is 7.61. The van der Waals surface area contributed by atoms with E-state index in [1.807, 2.05) is 42.5 Å². The Morgan fingerprint density at radius 3 is 2.69 bits per heavy atom. The Kier molecular flexibility index (Phi) is 5.07. The number of pyridine rings is 1. The third kappa shape index (κ3) is 3.92. The largest absolute Gasteiger partial charge is 0.434 e. The van der Waals surface area contributed by atoms with Crippen LogP contribution >= 0.6 is 0 Å². The molecule has 0 aliphatic carbocycles. The first-order chi connectivity index (χ1) is 15.6. The molecular formula is C25H19FN4O2. The van der Waals surface area contributed by atoms with Gasteiger partial charge in [-0.05, 0) is 47.9 Å². The quantitative estimate of drug-likeness (QED) is 0.439. The number of rotatable bonds is 5.